The van der Waals surface area contributed by atoms with Crippen molar-refractivity contribution in [2.75, 3.05) is 0 Å². The van der Waals surface area contributed by atoms with E-state index in [1.165, 1.54) is 5.56 Å². The van der Waals surface area contributed by atoms with Gasteiger partial charge in [-0.05, 0) is 58.2 Å². The van der Waals surface area contributed by atoms with Crippen LogP contribution in [0, 0.1) is 0 Å². The predicted molar refractivity (Wildman–Crippen MR) is 90.7 cm³/mol. The number of nitrogens with one attached hydrogen (secondary N) is 1. The number of thioether (sulfide) groups is 1. The van der Waals surface area contributed by atoms with Gasteiger partial charge in [0.25, 0.3) is 0 Å². The molecule has 4 heteroatoms. The molecule has 1 aliphatic rings. The lowest BCUT2D eigenvalue weighted by Gasteiger charge is -2.26. The Balaban J connectivity index is 2.06. The zero-order valence-corrected chi connectivity index (χ0v) is 14.2. The van der Waals surface area contributed by atoms with Gasteiger partial charge in [-0.3, -0.25) is 4.99 Å². The fraction of sp³-hybridized carbons (Fsp3) is 0.562. The molecule has 110 valence electrons. The minimum Gasteiger partial charge on any atom is -0.360 e. The van der Waals surface area contributed by atoms with Gasteiger partial charge in [0.05, 0.1) is 5.54 Å². The number of aliphatic imine (C=N–C) groups is 1. The van der Waals surface area contributed by atoms with Crippen LogP contribution in [0.15, 0.2) is 29.3 Å². The number of benzene rings is 1. The first kappa shape index (κ1) is 15.7. The minimum atomic E-state index is 0.0170. The molecule has 1 N–H and O–H groups in total. The lowest BCUT2D eigenvalue weighted by molar-refractivity contribution is 0.374. The van der Waals surface area contributed by atoms with Crippen molar-refractivity contribution in [3.63, 3.8) is 0 Å². The zero-order chi connectivity index (χ0) is 14.8. The molecule has 20 heavy (non-hydrogen) atoms. The number of nitrogens with zero attached hydrogens (tertiary/aromatic N) is 1. The highest BCUT2D eigenvalue weighted by Gasteiger charge is 2.29. The second-order valence-corrected chi connectivity index (χ2v) is 8.05. The molecular weight excluding hydrogens is 288 g/mol. The van der Waals surface area contributed by atoms with Crippen molar-refractivity contribution in [2.45, 2.75) is 57.4 Å². The van der Waals surface area contributed by atoms with E-state index in [0.29, 0.717) is 0 Å². The number of hydrogen-bond acceptors (Lipinski definition) is 3. The van der Waals surface area contributed by atoms with Crippen LogP contribution in [0.4, 0.5) is 0 Å². The maximum Gasteiger partial charge on any atom is 0.157 e. The molecule has 0 spiro atoms. The van der Waals surface area contributed by atoms with E-state index >= 15 is 0 Å². The molecule has 1 aromatic carbocycles. The molecule has 1 aliphatic heterocycles. The van der Waals surface area contributed by atoms with E-state index in [4.69, 9.17) is 16.6 Å². The molecule has 0 fully saturated rings. The standard InChI is InChI=1S/C16H23ClN2S/c1-15(2)9-10-16(3,4)19-14(18-15)20-11-12-5-7-13(17)8-6-12/h5-8H,9-11H2,1-4H3,(H,18,19). The Morgan fingerprint density at radius 1 is 1.15 bits per heavy atom. The van der Waals surface area contributed by atoms with Gasteiger partial charge in [-0.25, -0.2) is 0 Å². The summed E-state index contributed by atoms with van der Waals surface area (Å²) in [5.41, 5.74) is 1.40. The summed E-state index contributed by atoms with van der Waals surface area (Å²) in [5.74, 6) is 0.912. The summed E-state index contributed by atoms with van der Waals surface area (Å²) < 4.78 is 0. The molecule has 2 rings (SSSR count). The molecule has 0 aliphatic carbocycles. The molecule has 0 atom stereocenters. The smallest absolute Gasteiger partial charge is 0.157 e. The van der Waals surface area contributed by atoms with Gasteiger partial charge in [0.15, 0.2) is 5.17 Å². The first-order valence-corrected chi connectivity index (χ1v) is 8.37. The molecular formula is C16H23ClN2S. The van der Waals surface area contributed by atoms with Gasteiger partial charge in [-0.2, -0.15) is 0 Å². The Morgan fingerprint density at radius 3 is 2.45 bits per heavy atom. The molecule has 0 aromatic heterocycles. The molecule has 1 heterocycles. The van der Waals surface area contributed by atoms with Gasteiger partial charge in [0, 0.05) is 16.3 Å². The van der Waals surface area contributed by atoms with E-state index in [9.17, 15) is 0 Å². The van der Waals surface area contributed by atoms with Crippen molar-refractivity contribution < 1.29 is 0 Å². The first-order chi connectivity index (χ1) is 9.26. The summed E-state index contributed by atoms with van der Waals surface area (Å²) in [5, 5.41) is 5.41. The van der Waals surface area contributed by atoms with Crippen LogP contribution in [0.1, 0.15) is 46.1 Å². The average Bonchev–Trinajstić information content (AvgIpc) is 2.45. The topological polar surface area (TPSA) is 24.4 Å². The van der Waals surface area contributed by atoms with E-state index in [2.05, 4.69) is 45.1 Å². The van der Waals surface area contributed by atoms with Crippen LogP contribution in [-0.4, -0.2) is 16.2 Å². The van der Waals surface area contributed by atoms with E-state index < -0.39 is 0 Å². The Kier molecular flexibility index (Phi) is 4.70. The third-order valence-corrected chi connectivity index (χ3v) is 4.70. The van der Waals surface area contributed by atoms with Gasteiger partial charge >= 0.3 is 0 Å². The third kappa shape index (κ3) is 4.71. The normalized spacial score (nSPS) is 20.8. The maximum absolute atomic E-state index is 5.91. The highest BCUT2D eigenvalue weighted by molar-refractivity contribution is 8.13. The quantitative estimate of drug-likeness (QED) is 0.842. The van der Waals surface area contributed by atoms with Crippen LogP contribution in [0.25, 0.3) is 0 Å². The van der Waals surface area contributed by atoms with Crippen LogP contribution in [0.2, 0.25) is 5.02 Å². The third-order valence-electron chi connectivity index (χ3n) is 3.50. The van der Waals surface area contributed by atoms with Gasteiger partial charge in [-0.1, -0.05) is 35.5 Å². The van der Waals surface area contributed by atoms with Crippen LogP contribution >= 0.6 is 23.4 Å². The highest BCUT2D eigenvalue weighted by Crippen LogP contribution is 2.28. The molecule has 0 saturated carbocycles. The summed E-state index contributed by atoms with van der Waals surface area (Å²) in [7, 11) is 0. The fourth-order valence-electron chi connectivity index (χ4n) is 2.13. The van der Waals surface area contributed by atoms with Crippen molar-refractivity contribution in [3.05, 3.63) is 34.9 Å². The predicted octanol–water partition coefficient (Wildman–Crippen LogP) is 4.87. The minimum absolute atomic E-state index is 0.0170. The average molecular weight is 311 g/mol. The maximum atomic E-state index is 5.91. The summed E-state index contributed by atoms with van der Waals surface area (Å²) in [6.07, 6.45) is 2.24. The number of halogens is 1. The molecule has 0 unspecified atom stereocenters. The second-order valence-electron chi connectivity index (χ2n) is 6.65. The van der Waals surface area contributed by atoms with E-state index in [1.807, 2.05) is 12.1 Å². The molecule has 0 saturated heterocycles. The number of hydrogen-bond donors (Lipinski definition) is 1. The Labute approximate surface area is 131 Å². The van der Waals surface area contributed by atoms with E-state index in [1.54, 1.807) is 11.8 Å². The molecule has 0 radical (unpaired) electrons. The molecule has 0 bridgehead atoms. The number of rotatable bonds is 2. The van der Waals surface area contributed by atoms with Gasteiger partial charge < -0.3 is 5.32 Å². The molecule has 1 aromatic rings. The molecule has 2 nitrogen and oxygen atoms in total. The van der Waals surface area contributed by atoms with Crippen molar-refractivity contribution in [1.82, 2.24) is 5.32 Å². The highest BCUT2D eigenvalue weighted by atomic mass is 35.5. The Hall–Kier alpha value is -0.670. The van der Waals surface area contributed by atoms with Crippen molar-refractivity contribution in [1.29, 1.82) is 0 Å². The Bertz CT molecular complexity index is 492. The van der Waals surface area contributed by atoms with Gasteiger partial charge in [0.1, 0.15) is 0 Å². The van der Waals surface area contributed by atoms with Crippen molar-refractivity contribution in [2.24, 2.45) is 4.99 Å². The second kappa shape index (κ2) is 5.98. The monoisotopic (exact) mass is 310 g/mol. The van der Waals surface area contributed by atoms with E-state index in [-0.39, 0.29) is 11.1 Å². The summed E-state index contributed by atoms with van der Waals surface area (Å²) >= 11 is 7.68. The van der Waals surface area contributed by atoms with Gasteiger partial charge in [-0.15, -0.1) is 0 Å². The van der Waals surface area contributed by atoms with Gasteiger partial charge in [0.2, 0.25) is 0 Å². The number of amidine groups is 1. The lowest BCUT2D eigenvalue weighted by atomic mass is 9.91. The van der Waals surface area contributed by atoms with Crippen LogP contribution in [0.3, 0.4) is 0 Å². The summed E-state index contributed by atoms with van der Waals surface area (Å²) in [6.45, 7) is 8.90. The summed E-state index contributed by atoms with van der Waals surface area (Å²) in [4.78, 5) is 4.88. The van der Waals surface area contributed by atoms with Crippen LogP contribution in [0.5, 0.6) is 0 Å². The van der Waals surface area contributed by atoms with Crippen molar-refractivity contribution in [3.8, 4) is 0 Å². The lowest BCUT2D eigenvalue weighted by Crippen LogP contribution is -2.41. The Morgan fingerprint density at radius 2 is 1.80 bits per heavy atom. The van der Waals surface area contributed by atoms with Crippen LogP contribution in [-0.2, 0) is 5.75 Å². The summed E-state index contributed by atoms with van der Waals surface area (Å²) in [6, 6.07) is 8.02. The molecule has 0 amide bonds. The van der Waals surface area contributed by atoms with Crippen molar-refractivity contribution >= 4 is 28.5 Å². The zero-order valence-electron chi connectivity index (χ0n) is 12.7. The van der Waals surface area contributed by atoms with E-state index in [0.717, 1.165) is 28.8 Å². The largest absolute Gasteiger partial charge is 0.360 e. The SMILES string of the molecule is CC1(C)CCC(C)(C)NC(SCc2ccc(Cl)cc2)=N1. The fourth-order valence-corrected chi connectivity index (χ4v) is 3.41. The van der Waals surface area contributed by atoms with Crippen LogP contribution < -0.4 is 5.32 Å². The first-order valence-electron chi connectivity index (χ1n) is 7.01.